The van der Waals surface area contributed by atoms with Gasteiger partial charge in [0.1, 0.15) is 11.6 Å². The molecule has 0 bridgehead atoms. The number of methoxy groups -OCH3 is 1. The third-order valence-corrected chi connectivity index (χ3v) is 4.33. The molecule has 1 aromatic heterocycles. The second-order valence-corrected chi connectivity index (χ2v) is 6.47. The number of H-pyrrole nitrogens is 1. The summed E-state index contributed by atoms with van der Waals surface area (Å²) >= 11 is 0. The summed E-state index contributed by atoms with van der Waals surface area (Å²) in [6, 6.07) is 7.37. The van der Waals surface area contributed by atoms with Crippen LogP contribution in [0.5, 0.6) is 5.75 Å². The van der Waals surface area contributed by atoms with Crippen LogP contribution in [0.2, 0.25) is 0 Å². The maximum atomic E-state index is 12.8. The predicted octanol–water partition coefficient (Wildman–Crippen LogP) is 2.11. The highest BCUT2D eigenvalue weighted by Crippen LogP contribution is 2.28. The van der Waals surface area contributed by atoms with E-state index in [1.54, 1.807) is 7.11 Å². The highest BCUT2D eigenvalue weighted by Gasteiger charge is 2.30. The van der Waals surface area contributed by atoms with E-state index in [4.69, 9.17) is 4.74 Å². The minimum Gasteiger partial charge on any atom is -0.496 e. The molecule has 1 saturated heterocycles. The van der Waals surface area contributed by atoms with Gasteiger partial charge in [0.15, 0.2) is 0 Å². The van der Waals surface area contributed by atoms with Gasteiger partial charge in [-0.15, -0.1) is 0 Å². The normalized spacial score (nSPS) is 17.5. The van der Waals surface area contributed by atoms with Gasteiger partial charge in [-0.05, 0) is 32.6 Å². The van der Waals surface area contributed by atoms with E-state index < -0.39 is 0 Å². The number of aromatic nitrogens is 2. The van der Waals surface area contributed by atoms with E-state index >= 15 is 0 Å². The van der Waals surface area contributed by atoms with Crippen LogP contribution in [0, 0.1) is 0 Å². The van der Waals surface area contributed by atoms with E-state index in [0.29, 0.717) is 17.9 Å². The van der Waals surface area contributed by atoms with Gasteiger partial charge in [-0.2, -0.15) is 0 Å². The largest absolute Gasteiger partial charge is 0.496 e. The van der Waals surface area contributed by atoms with Crippen LogP contribution in [-0.4, -0.2) is 60.0 Å². The first kappa shape index (κ1) is 16.5. The number of likely N-dealkylation sites (tertiary alicyclic amines) is 1. The summed E-state index contributed by atoms with van der Waals surface area (Å²) in [6.07, 6.45) is 2.82. The van der Waals surface area contributed by atoms with Crippen molar-refractivity contribution >= 4 is 5.91 Å². The van der Waals surface area contributed by atoms with E-state index in [9.17, 15) is 4.79 Å². The van der Waals surface area contributed by atoms with E-state index in [1.165, 1.54) is 0 Å². The molecule has 1 aromatic carbocycles. The Hall–Kier alpha value is -2.34. The lowest BCUT2D eigenvalue weighted by Crippen LogP contribution is -2.28. The zero-order chi connectivity index (χ0) is 17.1. The number of rotatable bonds is 5. The molecule has 1 N–H and O–H groups in total. The lowest BCUT2D eigenvalue weighted by molar-refractivity contribution is 0.0787. The van der Waals surface area contributed by atoms with Crippen molar-refractivity contribution in [3.8, 4) is 5.75 Å². The van der Waals surface area contributed by atoms with Gasteiger partial charge < -0.3 is 19.5 Å². The quantitative estimate of drug-likeness (QED) is 0.913. The highest BCUT2D eigenvalue weighted by atomic mass is 16.5. The van der Waals surface area contributed by atoms with Gasteiger partial charge in [-0.3, -0.25) is 4.79 Å². The van der Waals surface area contributed by atoms with Crippen molar-refractivity contribution in [1.82, 2.24) is 19.8 Å². The molecule has 1 amide bonds. The molecule has 1 aliphatic heterocycles. The van der Waals surface area contributed by atoms with Gasteiger partial charge in [-0.25, -0.2) is 4.98 Å². The summed E-state index contributed by atoms with van der Waals surface area (Å²) in [5.41, 5.74) is 1.72. The fraction of sp³-hybridized carbons (Fsp3) is 0.444. The Morgan fingerprint density at radius 2 is 2.21 bits per heavy atom. The van der Waals surface area contributed by atoms with Gasteiger partial charge >= 0.3 is 0 Å². The molecular weight excluding hydrogens is 304 g/mol. The van der Waals surface area contributed by atoms with Crippen LogP contribution in [0.3, 0.4) is 0 Å². The molecule has 0 aliphatic carbocycles. The van der Waals surface area contributed by atoms with Crippen molar-refractivity contribution in [1.29, 1.82) is 0 Å². The number of hydrogen-bond acceptors (Lipinski definition) is 4. The molecule has 1 aliphatic rings. The van der Waals surface area contributed by atoms with E-state index in [0.717, 1.165) is 31.0 Å². The number of carbonyl (C=O) groups excluding carboxylic acids is 1. The molecule has 1 unspecified atom stereocenters. The lowest BCUT2D eigenvalue weighted by atomic mass is 10.1. The van der Waals surface area contributed by atoms with Gasteiger partial charge in [0.25, 0.3) is 5.91 Å². The van der Waals surface area contributed by atoms with Crippen LogP contribution < -0.4 is 4.74 Å². The Morgan fingerprint density at radius 3 is 2.96 bits per heavy atom. The molecule has 2 heterocycles. The molecule has 2 aromatic rings. The standard InChI is InChI=1S/C18H24N4O2/c1-21(2)12-14-10-19-17(20-14)13-8-9-22(11-13)18(23)15-6-4-5-7-16(15)24-3/h4-7,10,13H,8-9,11-12H2,1-3H3,(H,19,20). The summed E-state index contributed by atoms with van der Waals surface area (Å²) in [4.78, 5) is 24.6. The number of benzene rings is 1. The molecule has 1 fully saturated rings. The van der Waals surface area contributed by atoms with Crippen molar-refractivity contribution in [2.24, 2.45) is 0 Å². The van der Waals surface area contributed by atoms with Crippen LogP contribution in [0.4, 0.5) is 0 Å². The summed E-state index contributed by atoms with van der Waals surface area (Å²) in [7, 11) is 5.65. The fourth-order valence-electron chi connectivity index (χ4n) is 3.16. The van der Waals surface area contributed by atoms with Gasteiger partial charge in [-0.1, -0.05) is 12.1 Å². The van der Waals surface area contributed by atoms with Gasteiger partial charge in [0, 0.05) is 37.4 Å². The molecule has 0 radical (unpaired) electrons. The molecule has 6 heteroatoms. The van der Waals surface area contributed by atoms with E-state index in [-0.39, 0.29) is 11.8 Å². The van der Waals surface area contributed by atoms with Crippen LogP contribution >= 0.6 is 0 Å². The number of aromatic amines is 1. The summed E-state index contributed by atoms with van der Waals surface area (Å²) in [5.74, 6) is 1.88. The number of ether oxygens (including phenoxy) is 1. The topological polar surface area (TPSA) is 61.5 Å². The molecule has 3 rings (SSSR count). The molecular formula is C18H24N4O2. The number of nitrogens with one attached hydrogen (secondary N) is 1. The molecule has 128 valence electrons. The Bertz CT molecular complexity index is 711. The maximum absolute atomic E-state index is 12.8. The number of nitrogens with zero attached hydrogens (tertiary/aromatic N) is 3. The predicted molar refractivity (Wildman–Crippen MR) is 92.2 cm³/mol. The molecule has 0 saturated carbocycles. The lowest BCUT2D eigenvalue weighted by Gasteiger charge is -2.17. The number of para-hydroxylation sites is 1. The van der Waals surface area contributed by atoms with E-state index in [2.05, 4.69) is 14.9 Å². The first-order valence-corrected chi connectivity index (χ1v) is 8.19. The van der Waals surface area contributed by atoms with Crippen LogP contribution in [0.15, 0.2) is 30.5 Å². The first-order chi connectivity index (χ1) is 11.6. The Kier molecular flexibility index (Phi) is 4.85. The van der Waals surface area contributed by atoms with Crippen molar-refractivity contribution in [3.05, 3.63) is 47.5 Å². The number of carbonyl (C=O) groups is 1. The van der Waals surface area contributed by atoms with Crippen molar-refractivity contribution < 1.29 is 9.53 Å². The highest BCUT2D eigenvalue weighted by molar-refractivity contribution is 5.97. The zero-order valence-corrected chi connectivity index (χ0v) is 14.5. The smallest absolute Gasteiger partial charge is 0.257 e. The zero-order valence-electron chi connectivity index (χ0n) is 14.5. The Morgan fingerprint density at radius 1 is 1.42 bits per heavy atom. The first-order valence-electron chi connectivity index (χ1n) is 8.19. The monoisotopic (exact) mass is 328 g/mol. The van der Waals surface area contributed by atoms with Crippen LogP contribution in [0.25, 0.3) is 0 Å². The van der Waals surface area contributed by atoms with Crippen molar-refractivity contribution in [2.45, 2.75) is 18.9 Å². The minimum absolute atomic E-state index is 0.0232. The minimum atomic E-state index is 0.0232. The fourth-order valence-corrected chi connectivity index (χ4v) is 3.16. The SMILES string of the molecule is COc1ccccc1C(=O)N1CCC(c2ncc(CN(C)C)[nH]2)C1. The van der Waals surface area contributed by atoms with Crippen molar-refractivity contribution in [2.75, 3.05) is 34.3 Å². The number of imidazole rings is 1. The summed E-state index contributed by atoms with van der Waals surface area (Å²) in [6.45, 7) is 2.26. The molecule has 0 spiro atoms. The average Bonchev–Trinajstić information content (AvgIpc) is 3.22. The summed E-state index contributed by atoms with van der Waals surface area (Å²) < 4.78 is 5.31. The average molecular weight is 328 g/mol. The Balaban J connectivity index is 1.69. The van der Waals surface area contributed by atoms with E-state index in [1.807, 2.05) is 49.5 Å². The number of amides is 1. The third kappa shape index (κ3) is 3.43. The summed E-state index contributed by atoms with van der Waals surface area (Å²) in [5, 5.41) is 0. The van der Waals surface area contributed by atoms with Crippen LogP contribution in [0.1, 0.15) is 34.2 Å². The maximum Gasteiger partial charge on any atom is 0.257 e. The van der Waals surface area contributed by atoms with Crippen molar-refractivity contribution in [3.63, 3.8) is 0 Å². The third-order valence-electron chi connectivity index (χ3n) is 4.33. The Labute approximate surface area is 142 Å². The van der Waals surface area contributed by atoms with Gasteiger partial charge in [0.2, 0.25) is 0 Å². The molecule has 6 nitrogen and oxygen atoms in total. The van der Waals surface area contributed by atoms with Crippen LogP contribution in [-0.2, 0) is 6.54 Å². The van der Waals surface area contributed by atoms with Gasteiger partial charge in [0.05, 0.1) is 12.7 Å². The number of hydrogen-bond donors (Lipinski definition) is 1. The second-order valence-electron chi connectivity index (χ2n) is 6.47. The molecule has 1 atom stereocenters. The second kappa shape index (κ2) is 7.05. The molecule has 24 heavy (non-hydrogen) atoms.